The molecule has 3 heteroatoms. The highest BCUT2D eigenvalue weighted by atomic mass is 19.1. The first-order chi connectivity index (χ1) is 8.58. The van der Waals surface area contributed by atoms with Crippen molar-refractivity contribution in [1.82, 2.24) is 10.2 Å². The van der Waals surface area contributed by atoms with Crippen LogP contribution < -0.4 is 5.32 Å². The summed E-state index contributed by atoms with van der Waals surface area (Å²) in [6.07, 6.45) is 1.18. The Morgan fingerprint density at radius 3 is 2.89 bits per heavy atom. The summed E-state index contributed by atoms with van der Waals surface area (Å²) in [5.74, 6) is 0.433. The zero-order valence-electron chi connectivity index (χ0n) is 11.5. The first-order valence-corrected chi connectivity index (χ1v) is 6.77. The molecule has 0 amide bonds. The van der Waals surface area contributed by atoms with Crippen molar-refractivity contribution in [2.45, 2.75) is 32.4 Å². The summed E-state index contributed by atoms with van der Waals surface area (Å²) >= 11 is 0. The van der Waals surface area contributed by atoms with E-state index in [1.54, 1.807) is 6.07 Å². The van der Waals surface area contributed by atoms with Gasteiger partial charge in [0.25, 0.3) is 0 Å². The van der Waals surface area contributed by atoms with Crippen molar-refractivity contribution in [2.75, 3.05) is 20.1 Å². The topological polar surface area (TPSA) is 15.3 Å². The third-order valence-corrected chi connectivity index (χ3v) is 3.75. The Bertz CT molecular complexity index is 392. The van der Waals surface area contributed by atoms with E-state index in [0.717, 1.165) is 18.7 Å². The van der Waals surface area contributed by atoms with Gasteiger partial charge >= 0.3 is 0 Å². The number of hydrogen-bond donors (Lipinski definition) is 1. The van der Waals surface area contributed by atoms with Crippen molar-refractivity contribution in [3.05, 3.63) is 35.6 Å². The van der Waals surface area contributed by atoms with E-state index in [1.165, 1.54) is 12.5 Å². The fourth-order valence-electron chi connectivity index (χ4n) is 2.84. The second-order valence-corrected chi connectivity index (χ2v) is 5.59. The van der Waals surface area contributed by atoms with Crippen molar-refractivity contribution in [3.63, 3.8) is 0 Å². The Morgan fingerprint density at radius 1 is 1.44 bits per heavy atom. The lowest BCUT2D eigenvalue weighted by Gasteiger charge is -2.26. The monoisotopic (exact) mass is 250 g/mol. The maximum absolute atomic E-state index is 13.4. The number of nitrogens with zero attached hydrogens (tertiary/aromatic N) is 1. The highest BCUT2D eigenvalue weighted by Crippen LogP contribution is 2.35. The third-order valence-electron chi connectivity index (χ3n) is 3.75. The zero-order chi connectivity index (χ0) is 13.1. The molecule has 2 unspecified atom stereocenters. The van der Waals surface area contributed by atoms with E-state index < -0.39 is 0 Å². The van der Waals surface area contributed by atoms with Crippen molar-refractivity contribution in [2.24, 2.45) is 5.92 Å². The number of benzene rings is 1. The van der Waals surface area contributed by atoms with Gasteiger partial charge < -0.3 is 5.32 Å². The molecule has 0 aliphatic carbocycles. The average molecular weight is 250 g/mol. The lowest BCUT2D eigenvalue weighted by atomic mass is 9.93. The van der Waals surface area contributed by atoms with Gasteiger partial charge in [-0.25, -0.2) is 4.39 Å². The summed E-state index contributed by atoms with van der Waals surface area (Å²) in [6, 6.07) is 7.88. The third kappa shape index (κ3) is 3.09. The summed E-state index contributed by atoms with van der Waals surface area (Å²) in [5.41, 5.74) is 1.10. The molecule has 2 nitrogen and oxygen atoms in total. The summed E-state index contributed by atoms with van der Waals surface area (Å²) in [4.78, 5) is 2.33. The minimum atomic E-state index is -0.136. The van der Waals surface area contributed by atoms with Crippen LogP contribution in [0.1, 0.15) is 31.9 Å². The predicted octanol–water partition coefficient (Wildman–Crippen LogP) is 2.82. The number of rotatable bonds is 4. The largest absolute Gasteiger partial charge is 0.314 e. The molecule has 1 N–H and O–H groups in total. The van der Waals surface area contributed by atoms with E-state index in [4.69, 9.17) is 0 Å². The lowest BCUT2D eigenvalue weighted by molar-refractivity contribution is 0.269. The maximum Gasteiger partial charge on any atom is 0.123 e. The molecule has 0 bridgehead atoms. The Kier molecular flexibility index (Phi) is 4.36. The predicted molar refractivity (Wildman–Crippen MR) is 73.0 cm³/mol. The van der Waals surface area contributed by atoms with Crippen LogP contribution in [0.4, 0.5) is 4.39 Å². The molecule has 0 aromatic heterocycles. The molecule has 1 saturated heterocycles. The summed E-state index contributed by atoms with van der Waals surface area (Å²) in [5, 5.41) is 3.50. The highest BCUT2D eigenvalue weighted by Gasteiger charge is 2.32. The molecular formula is C15H23FN2. The van der Waals surface area contributed by atoms with Gasteiger partial charge in [-0.05, 0) is 43.6 Å². The van der Waals surface area contributed by atoms with Crippen LogP contribution >= 0.6 is 0 Å². The van der Waals surface area contributed by atoms with Gasteiger partial charge in [0.15, 0.2) is 0 Å². The first-order valence-electron chi connectivity index (χ1n) is 6.77. The van der Waals surface area contributed by atoms with Gasteiger partial charge in [0.2, 0.25) is 0 Å². The molecule has 0 radical (unpaired) electrons. The Hall–Kier alpha value is -0.930. The fraction of sp³-hybridized carbons (Fsp3) is 0.600. The normalized spacial score (nSPS) is 24.9. The molecule has 2 atom stereocenters. The van der Waals surface area contributed by atoms with Gasteiger partial charge in [0.05, 0.1) is 0 Å². The van der Waals surface area contributed by atoms with Crippen molar-refractivity contribution in [3.8, 4) is 0 Å². The van der Waals surface area contributed by atoms with E-state index in [-0.39, 0.29) is 5.82 Å². The number of halogens is 1. The van der Waals surface area contributed by atoms with Crippen LogP contribution in [-0.2, 0) is 0 Å². The molecule has 0 spiro atoms. The summed E-state index contributed by atoms with van der Waals surface area (Å²) in [6.45, 7) is 6.42. The van der Waals surface area contributed by atoms with E-state index >= 15 is 0 Å². The molecule has 0 saturated carbocycles. The van der Waals surface area contributed by atoms with Crippen molar-refractivity contribution >= 4 is 0 Å². The van der Waals surface area contributed by atoms with Crippen LogP contribution in [0, 0.1) is 11.7 Å². The SMILES string of the molecule is CC(C)NCC1CCN(C)C1c1cccc(F)c1. The molecule has 1 heterocycles. The van der Waals surface area contributed by atoms with Crippen LogP contribution in [0.2, 0.25) is 0 Å². The van der Waals surface area contributed by atoms with E-state index in [9.17, 15) is 4.39 Å². The van der Waals surface area contributed by atoms with Gasteiger partial charge in [-0.15, -0.1) is 0 Å². The quantitative estimate of drug-likeness (QED) is 0.884. The average Bonchev–Trinajstić information content (AvgIpc) is 2.68. The summed E-state index contributed by atoms with van der Waals surface area (Å²) in [7, 11) is 2.13. The molecule has 18 heavy (non-hydrogen) atoms. The standard InChI is InChI=1S/C15H23FN2/c1-11(2)17-10-13-7-8-18(3)15(13)12-5-4-6-14(16)9-12/h4-6,9,11,13,15,17H,7-8,10H2,1-3H3. The minimum Gasteiger partial charge on any atom is -0.314 e. The Balaban J connectivity index is 2.12. The molecule has 1 aromatic carbocycles. The van der Waals surface area contributed by atoms with Crippen LogP contribution in [0.25, 0.3) is 0 Å². The van der Waals surface area contributed by atoms with E-state index in [0.29, 0.717) is 18.0 Å². The number of likely N-dealkylation sites (tertiary alicyclic amines) is 1. The summed E-state index contributed by atoms with van der Waals surface area (Å²) < 4.78 is 13.4. The lowest BCUT2D eigenvalue weighted by Crippen LogP contribution is -2.32. The van der Waals surface area contributed by atoms with Crippen molar-refractivity contribution in [1.29, 1.82) is 0 Å². The zero-order valence-corrected chi connectivity index (χ0v) is 11.5. The molecule has 1 aliphatic rings. The molecular weight excluding hydrogens is 227 g/mol. The van der Waals surface area contributed by atoms with Gasteiger partial charge in [0, 0.05) is 18.6 Å². The van der Waals surface area contributed by atoms with Crippen LogP contribution in [0.3, 0.4) is 0 Å². The van der Waals surface area contributed by atoms with Crippen LogP contribution in [0.5, 0.6) is 0 Å². The van der Waals surface area contributed by atoms with Gasteiger partial charge in [-0.2, -0.15) is 0 Å². The number of hydrogen-bond acceptors (Lipinski definition) is 2. The smallest absolute Gasteiger partial charge is 0.123 e. The van der Waals surface area contributed by atoms with Gasteiger partial charge in [-0.1, -0.05) is 26.0 Å². The maximum atomic E-state index is 13.4. The molecule has 1 aliphatic heterocycles. The van der Waals surface area contributed by atoms with E-state index in [2.05, 4.69) is 31.1 Å². The van der Waals surface area contributed by atoms with E-state index in [1.807, 2.05) is 12.1 Å². The van der Waals surface area contributed by atoms with Gasteiger partial charge in [-0.3, -0.25) is 4.90 Å². The van der Waals surface area contributed by atoms with Crippen LogP contribution in [0.15, 0.2) is 24.3 Å². The van der Waals surface area contributed by atoms with Crippen LogP contribution in [-0.4, -0.2) is 31.1 Å². The Morgan fingerprint density at radius 2 is 2.22 bits per heavy atom. The highest BCUT2D eigenvalue weighted by molar-refractivity contribution is 5.22. The van der Waals surface area contributed by atoms with Gasteiger partial charge in [0.1, 0.15) is 5.82 Å². The Labute approximate surface area is 109 Å². The molecule has 2 rings (SSSR count). The minimum absolute atomic E-state index is 0.136. The first kappa shape index (κ1) is 13.5. The molecule has 1 fully saturated rings. The second kappa shape index (κ2) is 5.81. The fourth-order valence-corrected chi connectivity index (χ4v) is 2.84. The molecule has 1 aromatic rings. The molecule has 100 valence electrons. The second-order valence-electron chi connectivity index (χ2n) is 5.59. The van der Waals surface area contributed by atoms with Crippen molar-refractivity contribution < 1.29 is 4.39 Å². The number of nitrogens with one attached hydrogen (secondary N) is 1.